The molecule has 3 rings (SSSR count). The second kappa shape index (κ2) is 5.36. The summed E-state index contributed by atoms with van der Waals surface area (Å²) >= 11 is 0. The zero-order valence-corrected chi connectivity index (χ0v) is 11.8. The van der Waals surface area contributed by atoms with E-state index in [4.69, 9.17) is 0 Å². The first-order valence-electron chi connectivity index (χ1n) is 6.72. The van der Waals surface area contributed by atoms with Crippen LogP contribution in [0.2, 0.25) is 0 Å². The molecule has 22 heavy (non-hydrogen) atoms. The standard InChI is InChI=1S/C15H12N4O3/c1-2-18-15(20)14-12(7-4-8-16-14)13(17-18)10-5-3-6-11(9-10)19(21)22/h3-9H,2H2,1H3. The predicted molar refractivity (Wildman–Crippen MR) is 81.6 cm³/mol. The van der Waals surface area contributed by atoms with Gasteiger partial charge in [-0.15, -0.1) is 0 Å². The van der Waals surface area contributed by atoms with Crippen molar-refractivity contribution in [2.45, 2.75) is 13.5 Å². The maximum absolute atomic E-state index is 12.2. The number of nitro benzene ring substituents is 1. The van der Waals surface area contributed by atoms with Crippen LogP contribution in [0.3, 0.4) is 0 Å². The minimum absolute atomic E-state index is 0.0226. The summed E-state index contributed by atoms with van der Waals surface area (Å²) in [6.45, 7) is 2.20. The van der Waals surface area contributed by atoms with Crippen molar-refractivity contribution in [3.05, 3.63) is 63.1 Å². The van der Waals surface area contributed by atoms with Gasteiger partial charge in [-0.25, -0.2) is 4.68 Å². The molecular formula is C15H12N4O3. The first kappa shape index (κ1) is 13.9. The molecule has 0 saturated heterocycles. The molecule has 2 heterocycles. The van der Waals surface area contributed by atoms with E-state index in [9.17, 15) is 14.9 Å². The average Bonchev–Trinajstić information content (AvgIpc) is 2.55. The maximum atomic E-state index is 12.2. The monoisotopic (exact) mass is 296 g/mol. The van der Waals surface area contributed by atoms with Crippen LogP contribution < -0.4 is 5.56 Å². The summed E-state index contributed by atoms with van der Waals surface area (Å²) in [7, 11) is 0. The van der Waals surface area contributed by atoms with E-state index in [2.05, 4.69) is 10.1 Å². The van der Waals surface area contributed by atoms with Gasteiger partial charge >= 0.3 is 0 Å². The van der Waals surface area contributed by atoms with Crippen molar-refractivity contribution < 1.29 is 4.92 Å². The molecule has 0 amide bonds. The van der Waals surface area contributed by atoms with Gasteiger partial charge in [0.1, 0.15) is 11.2 Å². The van der Waals surface area contributed by atoms with Crippen molar-refractivity contribution in [2.75, 3.05) is 0 Å². The molecule has 7 nitrogen and oxygen atoms in total. The van der Waals surface area contributed by atoms with E-state index >= 15 is 0 Å². The molecule has 110 valence electrons. The van der Waals surface area contributed by atoms with Crippen LogP contribution in [0, 0.1) is 10.1 Å². The molecule has 2 aromatic heterocycles. The first-order chi connectivity index (χ1) is 10.6. The average molecular weight is 296 g/mol. The van der Waals surface area contributed by atoms with Crippen LogP contribution in [0.25, 0.3) is 22.2 Å². The zero-order chi connectivity index (χ0) is 15.7. The third-order valence-electron chi connectivity index (χ3n) is 3.35. The molecule has 0 aliphatic carbocycles. The Hall–Kier alpha value is -3.09. The quantitative estimate of drug-likeness (QED) is 0.546. The predicted octanol–water partition coefficient (Wildman–Crippen LogP) is 2.39. The Morgan fingerprint density at radius 1 is 1.27 bits per heavy atom. The van der Waals surface area contributed by atoms with Gasteiger partial charge in [0.25, 0.3) is 11.2 Å². The van der Waals surface area contributed by atoms with Gasteiger partial charge in [-0.3, -0.25) is 19.9 Å². The lowest BCUT2D eigenvalue weighted by atomic mass is 10.1. The van der Waals surface area contributed by atoms with E-state index in [1.54, 1.807) is 37.4 Å². The smallest absolute Gasteiger partial charge is 0.265 e. The van der Waals surface area contributed by atoms with Gasteiger partial charge in [-0.05, 0) is 19.1 Å². The largest absolute Gasteiger partial charge is 0.293 e. The summed E-state index contributed by atoms with van der Waals surface area (Å²) < 4.78 is 1.31. The number of fused-ring (bicyclic) bond motifs is 1. The van der Waals surface area contributed by atoms with Gasteiger partial charge in [-0.1, -0.05) is 12.1 Å². The molecule has 0 aliphatic heterocycles. The fourth-order valence-electron chi connectivity index (χ4n) is 2.30. The highest BCUT2D eigenvalue weighted by Gasteiger charge is 2.14. The van der Waals surface area contributed by atoms with Gasteiger partial charge < -0.3 is 0 Å². The van der Waals surface area contributed by atoms with Crippen molar-refractivity contribution in [1.29, 1.82) is 0 Å². The lowest BCUT2D eigenvalue weighted by molar-refractivity contribution is -0.384. The highest BCUT2D eigenvalue weighted by molar-refractivity contribution is 5.91. The second-order valence-corrected chi connectivity index (χ2v) is 4.68. The summed E-state index contributed by atoms with van der Waals surface area (Å²) in [5, 5.41) is 15.9. The number of aromatic nitrogens is 3. The summed E-state index contributed by atoms with van der Waals surface area (Å²) in [4.78, 5) is 26.9. The van der Waals surface area contributed by atoms with Gasteiger partial charge in [0.15, 0.2) is 0 Å². The van der Waals surface area contributed by atoms with E-state index in [0.29, 0.717) is 28.7 Å². The Kier molecular flexibility index (Phi) is 3.38. The number of benzene rings is 1. The fraction of sp³-hybridized carbons (Fsp3) is 0.133. The summed E-state index contributed by atoms with van der Waals surface area (Å²) in [5.41, 5.74) is 1.10. The number of hydrogen-bond acceptors (Lipinski definition) is 5. The second-order valence-electron chi connectivity index (χ2n) is 4.68. The van der Waals surface area contributed by atoms with Crippen LogP contribution >= 0.6 is 0 Å². The molecule has 0 bridgehead atoms. The Morgan fingerprint density at radius 2 is 2.09 bits per heavy atom. The number of non-ortho nitro benzene ring substituents is 1. The third kappa shape index (κ3) is 2.22. The van der Waals surface area contributed by atoms with Crippen LogP contribution in [0.1, 0.15) is 6.92 Å². The molecular weight excluding hydrogens is 284 g/mol. The van der Waals surface area contributed by atoms with Crippen molar-refractivity contribution in [2.24, 2.45) is 0 Å². The summed E-state index contributed by atoms with van der Waals surface area (Å²) in [5.74, 6) is 0. The number of nitro groups is 1. The van der Waals surface area contributed by atoms with Crippen molar-refractivity contribution in [1.82, 2.24) is 14.8 Å². The van der Waals surface area contributed by atoms with Crippen LogP contribution in [0.4, 0.5) is 5.69 Å². The Balaban J connectivity index is 2.35. The van der Waals surface area contributed by atoms with Gasteiger partial charge in [0, 0.05) is 35.8 Å². The number of nitrogens with zero attached hydrogens (tertiary/aromatic N) is 4. The third-order valence-corrected chi connectivity index (χ3v) is 3.35. The van der Waals surface area contributed by atoms with E-state index in [1.165, 1.54) is 16.8 Å². The molecule has 0 N–H and O–H groups in total. The van der Waals surface area contributed by atoms with Gasteiger partial charge in [0.05, 0.1) is 4.92 Å². The van der Waals surface area contributed by atoms with E-state index in [-0.39, 0.29) is 11.2 Å². The van der Waals surface area contributed by atoms with Crippen LogP contribution in [0.15, 0.2) is 47.4 Å². The van der Waals surface area contributed by atoms with E-state index in [0.717, 1.165) is 0 Å². The molecule has 3 aromatic rings. The Morgan fingerprint density at radius 3 is 2.82 bits per heavy atom. The van der Waals surface area contributed by atoms with Gasteiger partial charge in [-0.2, -0.15) is 5.10 Å². The molecule has 7 heteroatoms. The molecule has 0 atom stereocenters. The normalized spacial score (nSPS) is 10.8. The Bertz CT molecular complexity index is 933. The van der Waals surface area contributed by atoms with Crippen molar-refractivity contribution in [3.63, 3.8) is 0 Å². The highest BCUT2D eigenvalue weighted by atomic mass is 16.6. The van der Waals surface area contributed by atoms with Crippen LogP contribution in [-0.4, -0.2) is 19.7 Å². The number of aryl methyl sites for hydroxylation is 1. The molecule has 0 fully saturated rings. The number of hydrogen-bond donors (Lipinski definition) is 0. The van der Waals surface area contributed by atoms with E-state index < -0.39 is 4.92 Å². The molecule has 0 radical (unpaired) electrons. The SMILES string of the molecule is CCn1nc(-c2cccc([N+](=O)[O-])c2)c2cccnc2c1=O. The lowest BCUT2D eigenvalue weighted by Crippen LogP contribution is -2.23. The van der Waals surface area contributed by atoms with Crippen molar-refractivity contribution >= 4 is 16.6 Å². The van der Waals surface area contributed by atoms with Crippen LogP contribution in [0.5, 0.6) is 0 Å². The molecule has 0 unspecified atom stereocenters. The summed E-state index contributed by atoms with van der Waals surface area (Å²) in [6.07, 6.45) is 1.54. The Labute approximate surface area is 125 Å². The molecule has 1 aromatic carbocycles. The topological polar surface area (TPSA) is 90.9 Å². The highest BCUT2D eigenvalue weighted by Crippen LogP contribution is 2.26. The summed E-state index contributed by atoms with van der Waals surface area (Å²) in [6, 6.07) is 9.63. The number of pyridine rings is 1. The number of rotatable bonds is 3. The van der Waals surface area contributed by atoms with Crippen LogP contribution in [-0.2, 0) is 6.54 Å². The fourth-order valence-corrected chi connectivity index (χ4v) is 2.30. The van der Waals surface area contributed by atoms with E-state index in [1.807, 2.05) is 0 Å². The molecule has 0 spiro atoms. The minimum Gasteiger partial charge on any atom is -0.265 e. The molecule has 0 aliphatic rings. The van der Waals surface area contributed by atoms with Crippen molar-refractivity contribution in [3.8, 4) is 11.3 Å². The minimum atomic E-state index is -0.459. The lowest BCUT2D eigenvalue weighted by Gasteiger charge is -2.09. The zero-order valence-electron chi connectivity index (χ0n) is 11.8. The maximum Gasteiger partial charge on any atom is 0.293 e. The van der Waals surface area contributed by atoms with Gasteiger partial charge in [0.2, 0.25) is 0 Å². The first-order valence-corrected chi connectivity index (χ1v) is 6.72. The molecule has 0 saturated carbocycles.